The van der Waals surface area contributed by atoms with E-state index in [9.17, 15) is 4.79 Å². The highest BCUT2D eigenvalue weighted by Crippen LogP contribution is 2.29. The lowest BCUT2D eigenvalue weighted by Crippen LogP contribution is -2.50. The van der Waals surface area contributed by atoms with E-state index in [-0.39, 0.29) is 17.4 Å². The van der Waals surface area contributed by atoms with Gasteiger partial charge < -0.3 is 9.80 Å². The topological polar surface area (TPSA) is 57.5 Å². The molecule has 2 aliphatic rings. The van der Waals surface area contributed by atoms with Crippen molar-refractivity contribution in [3.8, 4) is 0 Å². The normalized spacial score (nSPS) is 18.9. The van der Waals surface area contributed by atoms with Crippen LogP contribution in [0, 0.1) is 6.92 Å². The molecule has 0 radical (unpaired) electrons. The minimum Gasteiger partial charge on any atom is -0.336 e. The first-order chi connectivity index (χ1) is 15.1. The van der Waals surface area contributed by atoms with Gasteiger partial charge in [0.15, 0.2) is 5.65 Å². The number of pyridine rings is 1. The summed E-state index contributed by atoms with van der Waals surface area (Å²) in [5, 5.41) is 5.70. The van der Waals surface area contributed by atoms with E-state index in [4.69, 9.17) is 10.1 Å². The summed E-state index contributed by atoms with van der Waals surface area (Å²) in [5.74, 6) is 0.368. The van der Waals surface area contributed by atoms with E-state index >= 15 is 0 Å². The molecule has 0 N–H and O–H groups in total. The van der Waals surface area contributed by atoms with Crippen molar-refractivity contribution < 1.29 is 4.79 Å². The van der Waals surface area contributed by atoms with Crippen molar-refractivity contribution in [2.75, 3.05) is 52.4 Å². The summed E-state index contributed by atoms with van der Waals surface area (Å²) in [5.41, 5.74) is 3.22. The first kappa shape index (κ1) is 23.2. The van der Waals surface area contributed by atoms with E-state index < -0.39 is 0 Å². The molecule has 7 nitrogen and oxygen atoms in total. The van der Waals surface area contributed by atoms with E-state index in [1.165, 1.54) is 25.9 Å². The van der Waals surface area contributed by atoms with Crippen molar-refractivity contribution >= 4 is 16.9 Å². The Bertz CT molecular complexity index is 959. The van der Waals surface area contributed by atoms with Gasteiger partial charge in [0, 0.05) is 45.0 Å². The molecule has 2 saturated heterocycles. The average molecular weight is 441 g/mol. The minimum absolute atomic E-state index is 0.120. The van der Waals surface area contributed by atoms with Gasteiger partial charge in [-0.15, -0.1) is 0 Å². The lowest BCUT2D eigenvalue weighted by molar-refractivity contribution is 0.0628. The zero-order chi connectivity index (χ0) is 23.0. The number of amides is 1. The Morgan fingerprint density at radius 1 is 1.00 bits per heavy atom. The number of aryl methyl sites for hydroxylation is 1. The molecule has 2 fully saturated rings. The third-order valence-electron chi connectivity index (χ3n) is 6.88. The molecule has 176 valence electrons. The second kappa shape index (κ2) is 9.10. The number of piperazine rings is 1. The largest absolute Gasteiger partial charge is 0.336 e. The smallest absolute Gasteiger partial charge is 0.254 e. The van der Waals surface area contributed by atoms with Gasteiger partial charge in [-0.1, -0.05) is 13.8 Å². The van der Waals surface area contributed by atoms with Crippen LogP contribution < -0.4 is 0 Å². The van der Waals surface area contributed by atoms with Gasteiger partial charge in [0.05, 0.1) is 22.2 Å². The van der Waals surface area contributed by atoms with Crippen molar-refractivity contribution in [2.45, 2.75) is 65.8 Å². The first-order valence-corrected chi connectivity index (χ1v) is 12.3. The van der Waals surface area contributed by atoms with Crippen LogP contribution in [0.5, 0.6) is 0 Å². The van der Waals surface area contributed by atoms with Gasteiger partial charge in [-0.2, -0.15) is 5.10 Å². The Morgan fingerprint density at radius 2 is 1.59 bits per heavy atom. The summed E-state index contributed by atoms with van der Waals surface area (Å²) in [7, 11) is 0. The minimum atomic E-state index is -0.198. The fraction of sp³-hybridized carbons (Fsp3) is 0.720. The Labute approximate surface area is 192 Å². The molecule has 2 aromatic heterocycles. The number of aromatic nitrogens is 3. The number of rotatable bonds is 5. The third kappa shape index (κ3) is 4.69. The molecule has 1 amide bonds. The molecule has 0 aliphatic carbocycles. The van der Waals surface area contributed by atoms with Crippen LogP contribution in [-0.2, 0) is 5.54 Å². The second-order valence-electron chi connectivity index (χ2n) is 10.8. The van der Waals surface area contributed by atoms with Gasteiger partial charge in [-0.25, -0.2) is 9.67 Å². The fourth-order valence-electron chi connectivity index (χ4n) is 4.87. The van der Waals surface area contributed by atoms with Crippen LogP contribution in [0.25, 0.3) is 11.0 Å². The van der Waals surface area contributed by atoms with Gasteiger partial charge in [0.1, 0.15) is 0 Å². The summed E-state index contributed by atoms with van der Waals surface area (Å²) < 4.78 is 1.98. The van der Waals surface area contributed by atoms with Crippen LogP contribution in [0.3, 0.4) is 0 Å². The van der Waals surface area contributed by atoms with Crippen molar-refractivity contribution in [3.05, 3.63) is 23.0 Å². The Morgan fingerprint density at radius 3 is 2.16 bits per heavy atom. The number of hydrogen-bond acceptors (Lipinski definition) is 5. The molecular weight excluding hydrogens is 400 g/mol. The summed E-state index contributed by atoms with van der Waals surface area (Å²) in [6, 6.07) is 2.01. The molecule has 4 heterocycles. The van der Waals surface area contributed by atoms with Crippen LogP contribution in [0.1, 0.15) is 75.1 Å². The highest BCUT2D eigenvalue weighted by Gasteiger charge is 2.29. The molecule has 2 aliphatic heterocycles. The number of carbonyl (C=O) groups excluding carboxylic acids is 1. The number of nitrogens with zero attached hydrogens (tertiary/aromatic N) is 6. The maximum Gasteiger partial charge on any atom is 0.254 e. The van der Waals surface area contributed by atoms with Crippen LogP contribution >= 0.6 is 0 Å². The number of fused-ring (bicyclic) bond motifs is 1. The van der Waals surface area contributed by atoms with E-state index in [0.717, 1.165) is 67.3 Å². The molecule has 0 bridgehead atoms. The van der Waals surface area contributed by atoms with Gasteiger partial charge >= 0.3 is 0 Å². The van der Waals surface area contributed by atoms with Crippen molar-refractivity contribution in [2.24, 2.45) is 0 Å². The first-order valence-electron chi connectivity index (χ1n) is 12.3. The molecule has 32 heavy (non-hydrogen) atoms. The maximum absolute atomic E-state index is 13.7. The lowest BCUT2D eigenvalue weighted by Gasteiger charge is -2.35. The molecular formula is C25H40N6O. The molecule has 0 unspecified atom stereocenters. The SMILES string of the molecule is Cc1nn(C(C)(C)C)c2nc(C(C)C)cc(C(=O)N3CCN(CCN4CCCC4)CC3)c12. The predicted molar refractivity (Wildman–Crippen MR) is 129 cm³/mol. The highest BCUT2D eigenvalue weighted by atomic mass is 16.2. The second-order valence-corrected chi connectivity index (χ2v) is 10.8. The summed E-state index contributed by atoms with van der Waals surface area (Å²) in [4.78, 5) is 25.7. The Kier molecular flexibility index (Phi) is 6.59. The van der Waals surface area contributed by atoms with Crippen molar-refractivity contribution in [1.29, 1.82) is 0 Å². The van der Waals surface area contributed by atoms with Crippen LogP contribution in [0.2, 0.25) is 0 Å². The number of likely N-dealkylation sites (tertiary alicyclic amines) is 1. The van der Waals surface area contributed by atoms with Gasteiger partial charge in [-0.3, -0.25) is 9.69 Å². The van der Waals surface area contributed by atoms with Gasteiger partial charge in [-0.05, 0) is 65.6 Å². The van der Waals surface area contributed by atoms with Crippen molar-refractivity contribution in [1.82, 2.24) is 29.5 Å². The van der Waals surface area contributed by atoms with Crippen molar-refractivity contribution in [3.63, 3.8) is 0 Å². The van der Waals surface area contributed by atoms with E-state index in [1.54, 1.807) is 0 Å². The predicted octanol–water partition coefficient (Wildman–Crippen LogP) is 3.47. The van der Waals surface area contributed by atoms with E-state index in [0.29, 0.717) is 0 Å². The molecule has 0 spiro atoms. The monoisotopic (exact) mass is 440 g/mol. The third-order valence-corrected chi connectivity index (χ3v) is 6.88. The summed E-state index contributed by atoms with van der Waals surface area (Å²) in [6.45, 7) is 20.9. The molecule has 0 saturated carbocycles. The van der Waals surface area contributed by atoms with Crippen LogP contribution in [-0.4, -0.2) is 87.7 Å². The molecule has 0 atom stereocenters. The zero-order valence-electron chi connectivity index (χ0n) is 20.8. The highest BCUT2D eigenvalue weighted by molar-refractivity contribution is 6.06. The standard InChI is InChI=1S/C25H40N6O/c1-18(2)21-17-20(22-19(3)27-31(23(22)26-21)25(4,5)6)24(32)30-15-13-29(14-16-30)12-11-28-9-7-8-10-28/h17-18H,7-16H2,1-6H3. The van der Waals surface area contributed by atoms with E-state index in [1.807, 2.05) is 22.6 Å². The number of hydrogen-bond donors (Lipinski definition) is 0. The molecule has 7 heteroatoms. The maximum atomic E-state index is 13.7. The average Bonchev–Trinajstić information content (AvgIpc) is 3.39. The van der Waals surface area contributed by atoms with E-state index in [2.05, 4.69) is 44.4 Å². The van der Waals surface area contributed by atoms with Crippen LogP contribution in [0.4, 0.5) is 0 Å². The molecule has 0 aromatic carbocycles. The lowest BCUT2D eigenvalue weighted by atomic mass is 10.0. The van der Waals surface area contributed by atoms with Gasteiger partial charge in [0.2, 0.25) is 0 Å². The number of carbonyl (C=O) groups is 1. The van der Waals surface area contributed by atoms with Crippen LogP contribution in [0.15, 0.2) is 6.07 Å². The molecule has 2 aromatic rings. The Balaban J connectivity index is 1.55. The summed E-state index contributed by atoms with van der Waals surface area (Å²) >= 11 is 0. The van der Waals surface area contributed by atoms with Gasteiger partial charge in [0.25, 0.3) is 5.91 Å². The Hall–Kier alpha value is -1.99. The zero-order valence-corrected chi connectivity index (χ0v) is 20.8. The fourth-order valence-corrected chi connectivity index (χ4v) is 4.87. The summed E-state index contributed by atoms with van der Waals surface area (Å²) in [6.07, 6.45) is 2.68. The molecule has 4 rings (SSSR count). The quantitative estimate of drug-likeness (QED) is 0.713.